The summed E-state index contributed by atoms with van der Waals surface area (Å²) >= 11 is 0. The summed E-state index contributed by atoms with van der Waals surface area (Å²) in [6.45, 7) is 4.03. The Morgan fingerprint density at radius 2 is 1.69 bits per heavy atom. The monoisotopic (exact) mass is 354 g/mol. The van der Waals surface area contributed by atoms with Gasteiger partial charge in [0.25, 0.3) is 5.91 Å². The Kier molecular flexibility index (Phi) is 6.49. The van der Waals surface area contributed by atoms with E-state index in [1.807, 2.05) is 32.0 Å². The van der Waals surface area contributed by atoms with Gasteiger partial charge >= 0.3 is 5.97 Å². The van der Waals surface area contributed by atoms with Gasteiger partial charge < -0.3 is 15.7 Å². The molecule has 0 aliphatic heterocycles. The van der Waals surface area contributed by atoms with E-state index in [0.29, 0.717) is 11.3 Å². The number of nitrogens with one attached hydrogen (secondary N) is 2. The van der Waals surface area contributed by atoms with Gasteiger partial charge in [0, 0.05) is 17.8 Å². The molecular formula is C20H22N2O4. The number of carboxylic acids is 1. The van der Waals surface area contributed by atoms with Crippen LogP contribution in [0.3, 0.4) is 0 Å². The molecule has 0 saturated heterocycles. The highest BCUT2D eigenvalue weighted by Gasteiger charge is 2.09. The number of amides is 2. The predicted molar refractivity (Wildman–Crippen MR) is 99.3 cm³/mol. The van der Waals surface area contributed by atoms with Gasteiger partial charge in [0.15, 0.2) is 0 Å². The molecule has 0 unspecified atom stereocenters. The van der Waals surface area contributed by atoms with Crippen molar-refractivity contribution < 1.29 is 19.5 Å². The predicted octanol–water partition coefficient (Wildman–Crippen LogP) is 2.69. The van der Waals surface area contributed by atoms with Gasteiger partial charge in [-0.15, -0.1) is 0 Å². The van der Waals surface area contributed by atoms with Crippen LogP contribution in [0.2, 0.25) is 0 Å². The van der Waals surface area contributed by atoms with E-state index in [0.717, 1.165) is 16.7 Å². The van der Waals surface area contributed by atoms with Crippen LogP contribution in [0.4, 0.5) is 5.69 Å². The molecule has 0 radical (unpaired) electrons. The van der Waals surface area contributed by atoms with Crippen molar-refractivity contribution in [1.82, 2.24) is 5.32 Å². The summed E-state index contributed by atoms with van der Waals surface area (Å²) in [5, 5.41) is 13.9. The highest BCUT2D eigenvalue weighted by Crippen LogP contribution is 2.14. The lowest BCUT2D eigenvalue weighted by atomic mass is 10.0. The number of carboxylic acid groups (broad SMARTS) is 1. The molecule has 26 heavy (non-hydrogen) atoms. The highest BCUT2D eigenvalue weighted by atomic mass is 16.4. The summed E-state index contributed by atoms with van der Waals surface area (Å²) in [7, 11) is 0. The number of carbonyl (C=O) groups is 3. The minimum Gasteiger partial charge on any atom is -0.481 e. The molecule has 6 heteroatoms. The second-order valence-electron chi connectivity index (χ2n) is 6.13. The van der Waals surface area contributed by atoms with E-state index in [9.17, 15) is 14.4 Å². The first-order chi connectivity index (χ1) is 12.3. The van der Waals surface area contributed by atoms with Gasteiger partial charge in [-0.1, -0.05) is 23.8 Å². The molecule has 3 N–H and O–H groups in total. The quantitative estimate of drug-likeness (QED) is 0.712. The first-order valence-corrected chi connectivity index (χ1v) is 8.31. The third-order valence-corrected chi connectivity index (χ3v) is 3.91. The van der Waals surface area contributed by atoms with Crippen molar-refractivity contribution in [3.8, 4) is 0 Å². The number of hydrogen-bond acceptors (Lipinski definition) is 3. The standard InChI is InChI=1S/C20H22N2O4/c1-13-3-4-14(2)16(11-13)12-18(23)22-17-7-5-15(6-8-17)20(26)21-10-9-19(24)25/h3-8,11H,9-10,12H2,1-2H3,(H,21,26)(H,22,23)(H,24,25). The lowest BCUT2D eigenvalue weighted by Crippen LogP contribution is -2.26. The molecular weight excluding hydrogens is 332 g/mol. The van der Waals surface area contributed by atoms with Gasteiger partial charge in [-0.05, 0) is 49.2 Å². The van der Waals surface area contributed by atoms with Crippen LogP contribution in [0, 0.1) is 13.8 Å². The van der Waals surface area contributed by atoms with E-state index in [4.69, 9.17) is 5.11 Å². The summed E-state index contributed by atoms with van der Waals surface area (Å²) in [6.07, 6.45) is 0.156. The average molecular weight is 354 g/mol. The Hall–Kier alpha value is -3.15. The fourth-order valence-corrected chi connectivity index (χ4v) is 2.46. The van der Waals surface area contributed by atoms with Crippen LogP contribution in [0.5, 0.6) is 0 Å². The van der Waals surface area contributed by atoms with E-state index < -0.39 is 5.97 Å². The zero-order valence-corrected chi connectivity index (χ0v) is 14.8. The molecule has 2 aromatic rings. The zero-order chi connectivity index (χ0) is 19.1. The maximum absolute atomic E-state index is 12.2. The number of carbonyl (C=O) groups excluding carboxylic acids is 2. The van der Waals surface area contributed by atoms with E-state index in [2.05, 4.69) is 10.6 Å². The molecule has 0 bridgehead atoms. The molecule has 6 nitrogen and oxygen atoms in total. The van der Waals surface area contributed by atoms with Crippen molar-refractivity contribution in [2.75, 3.05) is 11.9 Å². The maximum Gasteiger partial charge on any atom is 0.305 e. The van der Waals surface area contributed by atoms with E-state index >= 15 is 0 Å². The van der Waals surface area contributed by atoms with Crippen LogP contribution in [0.1, 0.15) is 33.5 Å². The topological polar surface area (TPSA) is 95.5 Å². The van der Waals surface area contributed by atoms with Gasteiger partial charge in [0.2, 0.25) is 5.91 Å². The molecule has 2 rings (SSSR count). The summed E-state index contributed by atoms with van der Waals surface area (Å²) < 4.78 is 0. The molecule has 0 saturated carbocycles. The Balaban J connectivity index is 1.92. The number of hydrogen-bond donors (Lipinski definition) is 3. The second-order valence-corrected chi connectivity index (χ2v) is 6.13. The SMILES string of the molecule is Cc1ccc(C)c(CC(=O)Nc2ccc(C(=O)NCCC(=O)O)cc2)c1. The Morgan fingerprint density at radius 1 is 1.00 bits per heavy atom. The smallest absolute Gasteiger partial charge is 0.305 e. The van der Waals surface area contributed by atoms with Crippen LogP contribution < -0.4 is 10.6 Å². The number of rotatable bonds is 7. The summed E-state index contributed by atoms with van der Waals surface area (Å²) in [4.78, 5) is 34.5. The minimum absolute atomic E-state index is 0.0719. The van der Waals surface area contributed by atoms with Crippen LogP contribution in [-0.4, -0.2) is 29.4 Å². The Morgan fingerprint density at radius 3 is 2.35 bits per heavy atom. The van der Waals surface area contributed by atoms with Gasteiger partial charge in [-0.2, -0.15) is 0 Å². The Labute approximate surface area is 152 Å². The van der Waals surface area contributed by atoms with Crippen molar-refractivity contribution in [2.45, 2.75) is 26.7 Å². The maximum atomic E-state index is 12.2. The van der Waals surface area contributed by atoms with E-state index in [-0.39, 0.29) is 31.2 Å². The fraction of sp³-hybridized carbons (Fsp3) is 0.250. The van der Waals surface area contributed by atoms with Crippen LogP contribution in [0.15, 0.2) is 42.5 Å². The lowest BCUT2D eigenvalue weighted by Gasteiger charge is -2.09. The first kappa shape index (κ1) is 19.2. The van der Waals surface area contributed by atoms with E-state index in [1.165, 1.54) is 0 Å². The lowest BCUT2D eigenvalue weighted by molar-refractivity contribution is -0.136. The number of benzene rings is 2. The fourth-order valence-electron chi connectivity index (χ4n) is 2.46. The molecule has 0 aliphatic rings. The van der Waals surface area contributed by atoms with Crippen LogP contribution in [0.25, 0.3) is 0 Å². The van der Waals surface area contributed by atoms with Crippen molar-refractivity contribution in [3.63, 3.8) is 0 Å². The van der Waals surface area contributed by atoms with Gasteiger partial charge in [-0.3, -0.25) is 14.4 Å². The third kappa shape index (κ3) is 5.73. The molecule has 0 aliphatic carbocycles. The summed E-state index contributed by atoms with van der Waals surface area (Å²) in [5.41, 5.74) is 4.16. The second kappa shape index (κ2) is 8.80. The molecule has 2 amide bonds. The molecule has 0 fully saturated rings. The van der Waals surface area contributed by atoms with Gasteiger partial charge in [0.1, 0.15) is 0 Å². The summed E-state index contributed by atoms with van der Waals surface area (Å²) in [6, 6.07) is 12.5. The van der Waals surface area contributed by atoms with Gasteiger partial charge in [0.05, 0.1) is 12.8 Å². The molecule has 0 spiro atoms. The third-order valence-electron chi connectivity index (χ3n) is 3.91. The minimum atomic E-state index is -0.966. The number of anilines is 1. The molecule has 0 aromatic heterocycles. The van der Waals surface area contributed by atoms with Crippen molar-refractivity contribution in [1.29, 1.82) is 0 Å². The Bertz CT molecular complexity index is 813. The largest absolute Gasteiger partial charge is 0.481 e. The van der Waals surface area contributed by atoms with Gasteiger partial charge in [-0.25, -0.2) is 0 Å². The average Bonchev–Trinajstić information content (AvgIpc) is 2.58. The van der Waals surface area contributed by atoms with Crippen LogP contribution in [-0.2, 0) is 16.0 Å². The van der Waals surface area contributed by atoms with E-state index in [1.54, 1.807) is 24.3 Å². The molecule has 2 aromatic carbocycles. The normalized spacial score (nSPS) is 10.2. The zero-order valence-electron chi connectivity index (χ0n) is 14.8. The van der Waals surface area contributed by atoms with Crippen molar-refractivity contribution >= 4 is 23.5 Å². The summed E-state index contributed by atoms with van der Waals surface area (Å²) in [5.74, 6) is -1.44. The van der Waals surface area contributed by atoms with Crippen molar-refractivity contribution in [3.05, 3.63) is 64.7 Å². The van der Waals surface area contributed by atoms with Crippen LogP contribution >= 0.6 is 0 Å². The molecule has 136 valence electrons. The highest BCUT2D eigenvalue weighted by molar-refractivity contribution is 5.96. The van der Waals surface area contributed by atoms with Crippen molar-refractivity contribution in [2.24, 2.45) is 0 Å². The first-order valence-electron chi connectivity index (χ1n) is 8.31. The molecule has 0 heterocycles. The number of aliphatic carboxylic acids is 1. The molecule has 0 atom stereocenters. The number of aryl methyl sites for hydroxylation is 2.